The first-order chi connectivity index (χ1) is 6.11. The smallest absolute Gasteiger partial charge is 0.223 e. The van der Waals surface area contributed by atoms with Crippen molar-refractivity contribution in [3.05, 3.63) is 0 Å². The summed E-state index contributed by atoms with van der Waals surface area (Å²) in [4.78, 5) is 12.8. The summed E-state index contributed by atoms with van der Waals surface area (Å²) in [5.41, 5.74) is 5.45. The molecule has 0 aliphatic heterocycles. The van der Waals surface area contributed by atoms with Crippen molar-refractivity contribution in [3.63, 3.8) is 0 Å². The van der Waals surface area contributed by atoms with Gasteiger partial charge in [-0.2, -0.15) is 0 Å². The van der Waals surface area contributed by atoms with Gasteiger partial charge >= 0.3 is 0 Å². The summed E-state index contributed by atoms with van der Waals surface area (Å²) >= 11 is 0. The third-order valence-electron chi connectivity index (χ3n) is 1.75. The van der Waals surface area contributed by atoms with Crippen LogP contribution < -0.4 is 11.1 Å². The Morgan fingerprint density at radius 1 is 1.62 bits per heavy atom. The molecule has 0 radical (unpaired) electrons. The number of rotatable bonds is 6. The minimum absolute atomic E-state index is 0.0398. The summed E-state index contributed by atoms with van der Waals surface area (Å²) in [5, 5.41) is 11.5. The molecule has 0 aliphatic rings. The van der Waals surface area contributed by atoms with Crippen LogP contribution in [0.25, 0.3) is 0 Å². The number of amides is 1. The van der Waals surface area contributed by atoms with Crippen LogP contribution in [0.5, 0.6) is 0 Å². The van der Waals surface area contributed by atoms with E-state index >= 15 is 0 Å². The van der Waals surface area contributed by atoms with Gasteiger partial charge in [0.1, 0.15) is 0 Å². The molecule has 78 valence electrons. The number of hydrogen-bond donors (Lipinski definition) is 3. The Bertz CT molecular complexity index is 150. The number of nitrogens with one attached hydrogen (secondary N) is 1. The van der Waals surface area contributed by atoms with Gasteiger partial charge in [0.2, 0.25) is 5.91 Å². The molecule has 5 nitrogen and oxygen atoms in total. The summed E-state index contributed by atoms with van der Waals surface area (Å²) in [6.07, 6.45) is 0.378. The quantitative estimate of drug-likeness (QED) is 0.469. The molecule has 0 aromatic carbocycles. The SMILES string of the molecule is CN(C)C(=O)CC(CN)NCCO. The lowest BCUT2D eigenvalue weighted by Crippen LogP contribution is -2.41. The average Bonchev–Trinajstić information content (AvgIpc) is 2.11. The van der Waals surface area contributed by atoms with Crippen LogP contribution in [0.4, 0.5) is 0 Å². The Kier molecular flexibility index (Phi) is 6.48. The fraction of sp³-hybridized carbons (Fsp3) is 0.875. The van der Waals surface area contributed by atoms with Crippen molar-refractivity contribution in [2.24, 2.45) is 5.73 Å². The summed E-state index contributed by atoms with van der Waals surface area (Å²) in [5.74, 6) is 0.0425. The van der Waals surface area contributed by atoms with Crippen molar-refractivity contribution < 1.29 is 9.90 Å². The van der Waals surface area contributed by atoms with Gasteiger partial charge in [-0.25, -0.2) is 0 Å². The highest BCUT2D eigenvalue weighted by Crippen LogP contribution is 1.93. The first-order valence-corrected chi connectivity index (χ1v) is 4.36. The van der Waals surface area contributed by atoms with E-state index in [4.69, 9.17) is 10.8 Å². The molecule has 0 rings (SSSR count). The highest BCUT2D eigenvalue weighted by molar-refractivity contribution is 5.76. The van der Waals surface area contributed by atoms with Crippen LogP contribution >= 0.6 is 0 Å². The van der Waals surface area contributed by atoms with E-state index in [9.17, 15) is 4.79 Å². The fourth-order valence-electron chi connectivity index (χ4n) is 0.901. The molecule has 0 spiro atoms. The number of carbonyl (C=O) groups is 1. The summed E-state index contributed by atoms with van der Waals surface area (Å²) in [7, 11) is 3.42. The Morgan fingerprint density at radius 3 is 2.62 bits per heavy atom. The van der Waals surface area contributed by atoms with Crippen molar-refractivity contribution in [1.82, 2.24) is 10.2 Å². The molecule has 0 heterocycles. The van der Waals surface area contributed by atoms with E-state index in [0.717, 1.165) is 0 Å². The molecular formula is C8H19N3O2. The van der Waals surface area contributed by atoms with Crippen molar-refractivity contribution in [3.8, 4) is 0 Å². The zero-order chi connectivity index (χ0) is 10.3. The minimum Gasteiger partial charge on any atom is -0.395 e. The second kappa shape index (κ2) is 6.82. The molecule has 0 aromatic rings. The number of carbonyl (C=O) groups excluding carboxylic acids is 1. The number of nitrogens with two attached hydrogens (primary N) is 1. The zero-order valence-electron chi connectivity index (χ0n) is 8.29. The van der Waals surface area contributed by atoms with Gasteiger partial charge in [-0.1, -0.05) is 0 Å². The van der Waals surface area contributed by atoms with E-state index in [1.165, 1.54) is 4.90 Å². The molecule has 0 bridgehead atoms. The third-order valence-corrected chi connectivity index (χ3v) is 1.75. The van der Waals surface area contributed by atoms with E-state index in [2.05, 4.69) is 5.32 Å². The Morgan fingerprint density at radius 2 is 2.23 bits per heavy atom. The Labute approximate surface area is 78.9 Å². The third kappa shape index (κ3) is 5.57. The number of nitrogens with zero attached hydrogens (tertiary/aromatic N) is 1. The van der Waals surface area contributed by atoms with Crippen LogP contribution in [0.3, 0.4) is 0 Å². The molecule has 0 aromatic heterocycles. The van der Waals surface area contributed by atoms with Gasteiger partial charge in [-0.05, 0) is 0 Å². The van der Waals surface area contributed by atoms with E-state index in [0.29, 0.717) is 19.5 Å². The molecule has 1 amide bonds. The van der Waals surface area contributed by atoms with E-state index < -0.39 is 0 Å². The van der Waals surface area contributed by atoms with Crippen LogP contribution in [0.1, 0.15) is 6.42 Å². The molecule has 13 heavy (non-hydrogen) atoms. The highest BCUT2D eigenvalue weighted by atomic mass is 16.3. The van der Waals surface area contributed by atoms with Gasteiger partial charge in [0.05, 0.1) is 6.61 Å². The Hall–Kier alpha value is -0.650. The maximum atomic E-state index is 11.2. The molecule has 0 saturated heterocycles. The molecule has 0 aliphatic carbocycles. The lowest BCUT2D eigenvalue weighted by molar-refractivity contribution is -0.129. The van der Waals surface area contributed by atoms with Crippen molar-refractivity contribution >= 4 is 5.91 Å². The van der Waals surface area contributed by atoms with Crippen LogP contribution in [0.15, 0.2) is 0 Å². The van der Waals surface area contributed by atoms with E-state index in [1.54, 1.807) is 14.1 Å². The maximum Gasteiger partial charge on any atom is 0.223 e. The summed E-state index contributed by atoms with van der Waals surface area (Å²) in [6, 6.07) is -0.0398. The normalized spacial score (nSPS) is 12.6. The predicted octanol–water partition coefficient (Wildman–Crippen LogP) is -1.63. The monoisotopic (exact) mass is 189 g/mol. The van der Waals surface area contributed by atoms with Gasteiger partial charge in [-0.15, -0.1) is 0 Å². The predicted molar refractivity (Wildman–Crippen MR) is 51.2 cm³/mol. The fourth-order valence-corrected chi connectivity index (χ4v) is 0.901. The average molecular weight is 189 g/mol. The van der Waals surface area contributed by atoms with Gasteiger partial charge < -0.3 is 21.1 Å². The van der Waals surface area contributed by atoms with Crippen LogP contribution in [-0.4, -0.2) is 55.7 Å². The van der Waals surface area contributed by atoms with Crippen molar-refractivity contribution in [1.29, 1.82) is 0 Å². The highest BCUT2D eigenvalue weighted by Gasteiger charge is 2.12. The standard InChI is InChI=1S/C8H19N3O2/c1-11(2)8(13)5-7(6-9)10-3-4-12/h7,10,12H,3-6,9H2,1-2H3. The van der Waals surface area contributed by atoms with Crippen LogP contribution in [0, 0.1) is 0 Å². The maximum absolute atomic E-state index is 11.2. The van der Waals surface area contributed by atoms with Gasteiger partial charge in [0.25, 0.3) is 0 Å². The van der Waals surface area contributed by atoms with E-state index in [-0.39, 0.29) is 18.6 Å². The summed E-state index contributed by atoms with van der Waals surface area (Å²) in [6.45, 7) is 0.939. The van der Waals surface area contributed by atoms with Gasteiger partial charge in [0.15, 0.2) is 0 Å². The minimum atomic E-state index is -0.0398. The molecule has 1 unspecified atom stereocenters. The number of hydrogen-bond acceptors (Lipinski definition) is 4. The van der Waals surface area contributed by atoms with Crippen LogP contribution in [-0.2, 0) is 4.79 Å². The number of aliphatic hydroxyl groups excluding tert-OH is 1. The first-order valence-electron chi connectivity index (χ1n) is 4.36. The lowest BCUT2D eigenvalue weighted by Gasteiger charge is -2.18. The zero-order valence-corrected chi connectivity index (χ0v) is 8.29. The van der Waals surface area contributed by atoms with Crippen molar-refractivity contribution in [2.45, 2.75) is 12.5 Å². The topological polar surface area (TPSA) is 78.6 Å². The lowest BCUT2D eigenvalue weighted by atomic mass is 10.2. The second-order valence-electron chi connectivity index (χ2n) is 3.10. The molecule has 0 saturated carbocycles. The number of aliphatic hydroxyl groups is 1. The van der Waals surface area contributed by atoms with Crippen molar-refractivity contribution in [2.75, 3.05) is 33.8 Å². The van der Waals surface area contributed by atoms with Crippen LogP contribution in [0.2, 0.25) is 0 Å². The Balaban J connectivity index is 3.76. The van der Waals surface area contributed by atoms with E-state index in [1.807, 2.05) is 0 Å². The summed E-state index contributed by atoms with van der Waals surface area (Å²) < 4.78 is 0. The molecule has 1 atom stereocenters. The second-order valence-corrected chi connectivity index (χ2v) is 3.10. The first kappa shape index (κ1) is 12.3. The molecular weight excluding hydrogens is 170 g/mol. The molecule has 4 N–H and O–H groups in total. The van der Waals surface area contributed by atoms with Gasteiger partial charge in [0, 0.05) is 39.6 Å². The molecule has 5 heteroatoms. The largest absolute Gasteiger partial charge is 0.395 e. The molecule has 0 fully saturated rings. The van der Waals surface area contributed by atoms with Gasteiger partial charge in [-0.3, -0.25) is 4.79 Å².